The fraction of sp³-hybridized carbons (Fsp3) is 1.00. The standard InChI is InChI=1S/C10H21B/c1-8(2)10(9(3)4)5-6-11-7-10/h8-9,11H,5-7H2,1-4H3. The molecule has 64 valence electrons. The van der Waals surface area contributed by atoms with Gasteiger partial charge in [0.15, 0.2) is 0 Å². The molecule has 1 aliphatic heterocycles. The molecule has 1 fully saturated rings. The maximum Gasteiger partial charge on any atom is 0.121 e. The van der Waals surface area contributed by atoms with E-state index in [1.165, 1.54) is 26.3 Å². The highest BCUT2D eigenvalue weighted by molar-refractivity contribution is 6.36. The van der Waals surface area contributed by atoms with E-state index >= 15 is 0 Å². The molecule has 0 spiro atoms. The van der Waals surface area contributed by atoms with Crippen molar-refractivity contribution in [2.75, 3.05) is 0 Å². The van der Waals surface area contributed by atoms with E-state index in [9.17, 15) is 0 Å². The molecule has 0 aromatic carbocycles. The zero-order chi connectivity index (χ0) is 8.48. The highest BCUT2D eigenvalue weighted by atomic mass is 14.4. The van der Waals surface area contributed by atoms with Crippen LogP contribution in [0.1, 0.15) is 34.1 Å². The van der Waals surface area contributed by atoms with Gasteiger partial charge in [-0.15, -0.1) is 0 Å². The van der Waals surface area contributed by atoms with E-state index in [1.807, 2.05) is 0 Å². The van der Waals surface area contributed by atoms with Crippen LogP contribution in [0.2, 0.25) is 12.6 Å². The van der Waals surface area contributed by atoms with E-state index in [0.29, 0.717) is 5.41 Å². The molecule has 0 saturated carbocycles. The van der Waals surface area contributed by atoms with Crippen molar-refractivity contribution in [1.29, 1.82) is 0 Å². The average Bonchev–Trinajstić information content (AvgIpc) is 2.34. The topological polar surface area (TPSA) is 0 Å². The summed E-state index contributed by atoms with van der Waals surface area (Å²) in [6.45, 7) is 9.58. The van der Waals surface area contributed by atoms with Crippen molar-refractivity contribution in [1.82, 2.24) is 0 Å². The van der Waals surface area contributed by atoms with Crippen molar-refractivity contribution >= 4 is 7.28 Å². The first kappa shape index (κ1) is 9.16. The van der Waals surface area contributed by atoms with Gasteiger partial charge in [0.2, 0.25) is 0 Å². The average molecular weight is 152 g/mol. The van der Waals surface area contributed by atoms with E-state index in [2.05, 4.69) is 27.7 Å². The molecule has 0 aromatic rings. The van der Waals surface area contributed by atoms with Crippen LogP contribution in [-0.4, -0.2) is 7.28 Å². The van der Waals surface area contributed by atoms with Gasteiger partial charge in [0.05, 0.1) is 0 Å². The Kier molecular flexibility index (Phi) is 2.67. The molecule has 11 heavy (non-hydrogen) atoms. The Hall–Kier alpha value is 0.0649. The minimum Gasteiger partial charge on any atom is -0.0769 e. The van der Waals surface area contributed by atoms with Crippen LogP contribution < -0.4 is 0 Å². The minimum atomic E-state index is 0.694. The van der Waals surface area contributed by atoms with Gasteiger partial charge in [-0.3, -0.25) is 0 Å². The van der Waals surface area contributed by atoms with E-state index in [1.54, 1.807) is 0 Å². The first-order valence-corrected chi connectivity index (χ1v) is 5.09. The fourth-order valence-corrected chi connectivity index (χ4v) is 2.85. The quantitative estimate of drug-likeness (QED) is 0.533. The van der Waals surface area contributed by atoms with Gasteiger partial charge in [-0.25, -0.2) is 0 Å². The molecule has 0 atom stereocenters. The maximum absolute atomic E-state index is 2.39. The Bertz CT molecular complexity index is 111. The second-order valence-electron chi connectivity index (χ2n) is 4.75. The van der Waals surface area contributed by atoms with Crippen molar-refractivity contribution in [3.63, 3.8) is 0 Å². The van der Waals surface area contributed by atoms with Gasteiger partial charge in [0, 0.05) is 0 Å². The summed E-state index contributed by atoms with van der Waals surface area (Å²) in [5.74, 6) is 1.76. The van der Waals surface area contributed by atoms with Crippen molar-refractivity contribution in [2.24, 2.45) is 17.3 Å². The minimum absolute atomic E-state index is 0.694. The van der Waals surface area contributed by atoms with Crippen molar-refractivity contribution < 1.29 is 0 Å². The lowest BCUT2D eigenvalue weighted by molar-refractivity contribution is 0.143. The summed E-state index contributed by atoms with van der Waals surface area (Å²) in [6, 6.07) is 0. The van der Waals surface area contributed by atoms with E-state index in [-0.39, 0.29) is 0 Å². The van der Waals surface area contributed by atoms with Crippen LogP contribution in [0.3, 0.4) is 0 Å². The second-order valence-corrected chi connectivity index (χ2v) is 4.75. The lowest BCUT2D eigenvalue weighted by Gasteiger charge is -2.38. The van der Waals surface area contributed by atoms with Gasteiger partial charge in [0.1, 0.15) is 7.28 Å². The van der Waals surface area contributed by atoms with E-state index in [0.717, 1.165) is 11.8 Å². The number of rotatable bonds is 2. The first-order valence-electron chi connectivity index (χ1n) is 5.09. The van der Waals surface area contributed by atoms with E-state index < -0.39 is 0 Å². The lowest BCUT2D eigenvalue weighted by atomic mass is 9.63. The zero-order valence-electron chi connectivity index (χ0n) is 8.48. The van der Waals surface area contributed by atoms with Gasteiger partial charge < -0.3 is 0 Å². The molecular formula is C10H21B. The number of hydrogen-bond donors (Lipinski definition) is 0. The Balaban J connectivity index is 2.70. The predicted octanol–water partition coefficient (Wildman–Crippen LogP) is 2.96. The Morgan fingerprint density at radius 1 is 1.09 bits per heavy atom. The van der Waals surface area contributed by atoms with Crippen LogP contribution in [0, 0.1) is 17.3 Å². The van der Waals surface area contributed by atoms with Gasteiger partial charge >= 0.3 is 0 Å². The third kappa shape index (κ3) is 1.48. The third-order valence-electron chi connectivity index (χ3n) is 3.83. The molecule has 1 aliphatic rings. The molecule has 0 nitrogen and oxygen atoms in total. The molecule has 0 N–H and O–H groups in total. The Labute approximate surface area is 72.0 Å². The predicted molar refractivity (Wildman–Crippen MR) is 53.5 cm³/mol. The zero-order valence-corrected chi connectivity index (χ0v) is 8.48. The molecule has 1 heteroatoms. The van der Waals surface area contributed by atoms with Gasteiger partial charge in [-0.1, -0.05) is 46.8 Å². The fourth-order valence-electron chi connectivity index (χ4n) is 2.85. The van der Waals surface area contributed by atoms with Crippen LogP contribution in [0.15, 0.2) is 0 Å². The summed E-state index contributed by atoms with van der Waals surface area (Å²) in [6.07, 6.45) is 4.42. The molecule has 1 saturated heterocycles. The van der Waals surface area contributed by atoms with Crippen LogP contribution in [-0.2, 0) is 0 Å². The highest BCUT2D eigenvalue weighted by Gasteiger charge is 2.39. The molecule has 0 unspecified atom stereocenters. The third-order valence-corrected chi connectivity index (χ3v) is 3.83. The normalized spacial score (nSPS) is 22.7. The summed E-state index contributed by atoms with van der Waals surface area (Å²) < 4.78 is 0. The van der Waals surface area contributed by atoms with Crippen LogP contribution >= 0.6 is 0 Å². The van der Waals surface area contributed by atoms with E-state index in [4.69, 9.17) is 0 Å². The summed E-state index contributed by atoms with van der Waals surface area (Å²) in [5, 5.41) is 0. The van der Waals surface area contributed by atoms with Gasteiger partial charge in [0.25, 0.3) is 0 Å². The highest BCUT2D eigenvalue weighted by Crippen LogP contribution is 2.47. The Morgan fingerprint density at radius 2 is 1.64 bits per heavy atom. The van der Waals surface area contributed by atoms with Crippen molar-refractivity contribution in [3.8, 4) is 0 Å². The molecule has 0 aromatic heterocycles. The Morgan fingerprint density at radius 3 is 1.82 bits per heavy atom. The smallest absolute Gasteiger partial charge is 0.0769 e. The summed E-state index contributed by atoms with van der Waals surface area (Å²) in [4.78, 5) is 0. The maximum atomic E-state index is 2.39. The molecule has 0 amide bonds. The second kappa shape index (κ2) is 3.20. The lowest BCUT2D eigenvalue weighted by Crippen LogP contribution is -2.29. The molecule has 0 aliphatic carbocycles. The summed E-state index contributed by atoms with van der Waals surface area (Å²) in [7, 11) is 1.47. The van der Waals surface area contributed by atoms with Crippen molar-refractivity contribution in [3.05, 3.63) is 0 Å². The molecule has 1 heterocycles. The molecular weight excluding hydrogens is 131 g/mol. The SMILES string of the molecule is CC(C)C1(C(C)C)CBCC1. The molecule has 0 bridgehead atoms. The summed E-state index contributed by atoms with van der Waals surface area (Å²) in [5.41, 5.74) is 0.694. The van der Waals surface area contributed by atoms with Crippen molar-refractivity contribution in [2.45, 2.75) is 46.8 Å². The monoisotopic (exact) mass is 152 g/mol. The van der Waals surface area contributed by atoms with Crippen LogP contribution in [0.5, 0.6) is 0 Å². The largest absolute Gasteiger partial charge is 0.121 e. The van der Waals surface area contributed by atoms with Gasteiger partial charge in [-0.2, -0.15) is 0 Å². The van der Waals surface area contributed by atoms with Gasteiger partial charge in [-0.05, 0) is 17.3 Å². The first-order chi connectivity index (χ1) is 5.09. The van der Waals surface area contributed by atoms with Crippen LogP contribution in [0.4, 0.5) is 0 Å². The number of hydrogen-bond acceptors (Lipinski definition) is 0. The molecule has 1 rings (SSSR count). The molecule has 0 radical (unpaired) electrons. The van der Waals surface area contributed by atoms with Crippen LogP contribution in [0.25, 0.3) is 0 Å². The summed E-state index contributed by atoms with van der Waals surface area (Å²) >= 11 is 0.